The van der Waals surface area contributed by atoms with Gasteiger partial charge < -0.3 is 18.0 Å². The smallest absolute Gasteiger partial charge is 0.461 e. The molecule has 0 aliphatic rings. The van der Waals surface area contributed by atoms with Gasteiger partial charge in [0, 0.05) is 31.1 Å². The Morgan fingerprint density at radius 1 is 0.833 bits per heavy atom. The zero-order valence-electron chi connectivity index (χ0n) is 21.6. The van der Waals surface area contributed by atoms with Crippen molar-refractivity contribution in [3.8, 4) is 0 Å². The van der Waals surface area contributed by atoms with Gasteiger partial charge in [0.1, 0.15) is 6.61 Å². The molecule has 3 aromatic rings. The quantitative estimate of drug-likeness (QED) is 0.112. The lowest BCUT2D eigenvalue weighted by molar-refractivity contribution is -0.144. The summed E-state index contributed by atoms with van der Waals surface area (Å²) in [5.41, 5.74) is 2.15. The first-order valence-electron chi connectivity index (χ1n) is 12.8. The fourth-order valence-electron chi connectivity index (χ4n) is 4.24. The molecule has 0 aliphatic heterocycles. The Labute approximate surface area is 220 Å². The minimum atomic E-state index is -2.66. The van der Waals surface area contributed by atoms with Gasteiger partial charge in [-0.25, -0.2) is 0 Å². The predicted octanol–water partition coefficient (Wildman–Crippen LogP) is 7.19. The third-order valence-corrected chi connectivity index (χ3v) is 10.3. The van der Waals surface area contributed by atoms with E-state index in [1.54, 1.807) is 11.8 Å². The van der Waals surface area contributed by atoms with E-state index in [-0.39, 0.29) is 17.8 Å². The van der Waals surface area contributed by atoms with Crippen LogP contribution in [0.15, 0.2) is 72.8 Å². The molecule has 0 fully saturated rings. The number of carbonyl (C=O) groups is 1. The molecule has 0 bridgehead atoms. The molecule has 36 heavy (non-hydrogen) atoms. The highest BCUT2D eigenvalue weighted by Crippen LogP contribution is 2.34. The molecule has 0 heterocycles. The number of benzene rings is 3. The summed E-state index contributed by atoms with van der Waals surface area (Å²) < 4.78 is 23.7. The van der Waals surface area contributed by atoms with Gasteiger partial charge in [0.15, 0.2) is 0 Å². The standard InChI is InChI=1S/C29H38O5SSi/c1-4-32-36(33-5-2,34-6-3)21-13-20-35-28(25-15-8-7-9-16-25)22-29(30)31-23-26-18-12-17-24-14-10-11-19-27(24)26/h7-12,14-19,28H,4-6,13,20-23H2,1-3H3. The summed E-state index contributed by atoms with van der Waals surface area (Å²) in [4.78, 5) is 12.9. The number of esters is 1. The Bertz CT molecular complexity index is 1040. The van der Waals surface area contributed by atoms with Gasteiger partial charge in [-0.15, -0.1) is 0 Å². The molecular formula is C29H38O5SSi. The van der Waals surface area contributed by atoms with Crippen LogP contribution in [-0.2, 0) is 29.4 Å². The van der Waals surface area contributed by atoms with E-state index >= 15 is 0 Å². The lowest BCUT2D eigenvalue weighted by atomic mass is 10.1. The molecule has 194 valence electrons. The van der Waals surface area contributed by atoms with Crippen molar-refractivity contribution in [1.29, 1.82) is 0 Å². The van der Waals surface area contributed by atoms with E-state index in [4.69, 9.17) is 18.0 Å². The molecule has 0 saturated carbocycles. The maximum atomic E-state index is 12.9. The highest BCUT2D eigenvalue weighted by molar-refractivity contribution is 7.99. The second-order valence-corrected chi connectivity index (χ2v) is 12.4. The zero-order valence-corrected chi connectivity index (χ0v) is 23.4. The highest BCUT2D eigenvalue weighted by Gasteiger charge is 2.39. The summed E-state index contributed by atoms with van der Waals surface area (Å²) in [5, 5.41) is 2.29. The maximum absolute atomic E-state index is 12.9. The highest BCUT2D eigenvalue weighted by atomic mass is 32.2. The lowest BCUT2D eigenvalue weighted by Crippen LogP contribution is -2.46. The number of hydrogen-bond acceptors (Lipinski definition) is 6. The van der Waals surface area contributed by atoms with Crippen molar-refractivity contribution < 1.29 is 22.8 Å². The summed E-state index contributed by atoms with van der Waals surface area (Å²) in [6.45, 7) is 7.94. The number of hydrogen-bond donors (Lipinski definition) is 0. The van der Waals surface area contributed by atoms with E-state index < -0.39 is 8.80 Å². The van der Waals surface area contributed by atoms with Crippen LogP contribution in [0.5, 0.6) is 0 Å². The molecular weight excluding hydrogens is 488 g/mol. The number of ether oxygens (including phenoxy) is 1. The molecule has 0 radical (unpaired) electrons. The van der Waals surface area contributed by atoms with Crippen molar-refractivity contribution in [3.63, 3.8) is 0 Å². The third-order valence-electron chi connectivity index (χ3n) is 5.83. The van der Waals surface area contributed by atoms with Crippen LogP contribution in [-0.4, -0.2) is 40.3 Å². The number of carbonyl (C=O) groups excluding carboxylic acids is 1. The Morgan fingerprint density at radius 3 is 2.17 bits per heavy atom. The van der Waals surface area contributed by atoms with E-state index in [1.165, 1.54) is 0 Å². The second kappa shape index (κ2) is 15.2. The fourth-order valence-corrected chi connectivity index (χ4v) is 8.31. The maximum Gasteiger partial charge on any atom is 0.500 e. The van der Waals surface area contributed by atoms with E-state index in [1.807, 2.05) is 63.2 Å². The predicted molar refractivity (Wildman–Crippen MR) is 150 cm³/mol. The average Bonchev–Trinajstić information content (AvgIpc) is 2.90. The van der Waals surface area contributed by atoms with Crippen LogP contribution in [0.3, 0.4) is 0 Å². The van der Waals surface area contributed by atoms with Crippen LogP contribution in [0.2, 0.25) is 6.04 Å². The number of thioether (sulfide) groups is 1. The van der Waals surface area contributed by atoms with Gasteiger partial charge in [0.05, 0.1) is 6.42 Å². The van der Waals surface area contributed by atoms with Crippen molar-refractivity contribution >= 4 is 37.3 Å². The summed E-state index contributed by atoms with van der Waals surface area (Å²) >= 11 is 1.78. The van der Waals surface area contributed by atoms with Crippen molar-refractivity contribution in [1.82, 2.24) is 0 Å². The Morgan fingerprint density at radius 2 is 1.47 bits per heavy atom. The SMILES string of the molecule is CCO[Si](CCCSC(CC(=O)OCc1cccc2ccccc12)c1ccccc1)(OCC)OCC. The van der Waals surface area contributed by atoms with E-state index in [0.717, 1.165) is 40.1 Å². The van der Waals surface area contributed by atoms with Crippen molar-refractivity contribution in [2.24, 2.45) is 0 Å². The Kier molecular flexibility index (Phi) is 12.0. The Hall–Kier alpha value is -2.16. The molecule has 5 nitrogen and oxygen atoms in total. The Balaban J connectivity index is 1.59. The molecule has 0 N–H and O–H groups in total. The number of rotatable bonds is 16. The van der Waals surface area contributed by atoms with Gasteiger partial charge in [-0.2, -0.15) is 11.8 Å². The molecule has 7 heteroatoms. The van der Waals surface area contributed by atoms with Crippen LogP contribution < -0.4 is 0 Å². The molecule has 0 spiro atoms. The monoisotopic (exact) mass is 526 g/mol. The van der Waals surface area contributed by atoms with E-state index in [0.29, 0.717) is 26.2 Å². The first kappa shape index (κ1) is 28.4. The first-order chi connectivity index (χ1) is 17.6. The summed E-state index contributed by atoms with van der Waals surface area (Å²) in [6.07, 6.45) is 1.22. The molecule has 3 aromatic carbocycles. The molecule has 1 atom stereocenters. The fraction of sp³-hybridized carbons (Fsp3) is 0.414. The van der Waals surface area contributed by atoms with Crippen molar-refractivity contribution in [2.75, 3.05) is 25.6 Å². The van der Waals surface area contributed by atoms with Gasteiger partial charge in [-0.05, 0) is 54.8 Å². The summed E-state index contributed by atoms with van der Waals surface area (Å²) in [7, 11) is -2.66. The van der Waals surface area contributed by atoms with Gasteiger partial charge in [0.2, 0.25) is 0 Å². The van der Waals surface area contributed by atoms with E-state index in [2.05, 4.69) is 30.3 Å². The molecule has 1 unspecified atom stereocenters. The van der Waals surface area contributed by atoms with Gasteiger partial charge in [-0.1, -0.05) is 72.8 Å². The van der Waals surface area contributed by atoms with Gasteiger partial charge >= 0.3 is 14.8 Å². The lowest BCUT2D eigenvalue weighted by Gasteiger charge is -2.28. The van der Waals surface area contributed by atoms with Crippen molar-refractivity contribution in [3.05, 3.63) is 83.9 Å². The molecule has 0 aromatic heterocycles. The molecule has 0 aliphatic carbocycles. The van der Waals surface area contributed by atoms with E-state index in [9.17, 15) is 4.79 Å². The molecule has 0 amide bonds. The first-order valence-corrected chi connectivity index (χ1v) is 15.8. The second-order valence-electron chi connectivity index (χ2n) is 8.36. The van der Waals surface area contributed by atoms with Crippen LogP contribution in [0.4, 0.5) is 0 Å². The minimum Gasteiger partial charge on any atom is -0.461 e. The van der Waals surface area contributed by atoms with Crippen LogP contribution in [0.1, 0.15) is 50.0 Å². The van der Waals surface area contributed by atoms with Crippen molar-refractivity contribution in [2.45, 2.75) is 51.5 Å². The van der Waals surface area contributed by atoms with Crippen LogP contribution >= 0.6 is 11.8 Å². The molecule has 3 rings (SSSR count). The largest absolute Gasteiger partial charge is 0.500 e. The normalized spacial score (nSPS) is 12.5. The average molecular weight is 527 g/mol. The van der Waals surface area contributed by atoms with Gasteiger partial charge in [-0.3, -0.25) is 4.79 Å². The van der Waals surface area contributed by atoms with Gasteiger partial charge in [0.25, 0.3) is 0 Å². The van der Waals surface area contributed by atoms with Crippen LogP contribution in [0.25, 0.3) is 10.8 Å². The minimum absolute atomic E-state index is 0.0218. The summed E-state index contributed by atoms with van der Waals surface area (Å²) in [5.74, 6) is 0.684. The summed E-state index contributed by atoms with van der Waals surface area (Å²) in [6, 6.07) is 25.2. The topological polar surface area (TPSA) is 54.0 Å². The third kappa shape index (κ3) is 8.46. The zero-order chi connectivity index (χ0) is 25.6. The van der Waals surface area contributed by atoms with Crippen LogP contribution in [0, 0.1) is 0 Å². The molecule has 0 saturated heterocycles. The number of fused-ring (bicyclic) bond motifs is 1.